The van der Waals surface area contributed by atoms with Crippen LogP contribution in [0.15, 0.2) is 54.7 Å². The SMILES string of the molecule is CCOn1cc(C(=O)Nc2ccc(CS(=O)O)cc2)c(C)c1-c1ccccc1C(F)(F)F. The summed E-state index contributed by atoms with van der Waals surface area (Å²) in [5.74, 6) is -0.558. The summed E-state index contributed by atoms with van der Waals surface area (Å²) in [4.78, 5) is 18.4. The Balaban J connectivity index is 1.98. The number of hydrogen-bond donors (Lipinski definition) is 2. The van der Waals surface area contributed by atoms with E-state index in [1.165, 1.54) is 29.1 Å². The number of carbonyl (C=O) groups excluding carboxylic acids is 1. The highest BCUT2D eigenvalue weighted by Gasteiger charge is 2.35. The minimum atomic E-state index is -4.58. The molecule has 2 N–H and O–H groups in total. The van der Waals surface area contributed by atoms with Gasteiger partial charge in [0.05, 0.1) is 28.8 Å². The van der Waals surface area contributed by atoms with Gasteiger partial charge in [0, 0.05) is 11.3 Å². The van der Waals surface area contributed by atoms with Crippen molar-refractivity contribution in [3.8, 4) is 11.3 Å². The first kappa shape index (κ1) is 23.6. The standard InChI is InChI=1S/C22H21F3N2O4S/c1-3-31-27-12-18(21(28)26-16-10-8-15(9-11-16)13-32(29)30)14(2)20(27)17-6-4-5-7-19(17)22(23,24)25/h4-12H,3,13H2,1-2H3,(H,26,28)(H,29,30). The Morgan fingerprint density at radius 3 is 2.41 bits per heavy atom. The van der Waals surface area contributed by atoms with Crippen molar-refractivity contribution < 1.29 is 31.6 Å². The molecule has 170 valence electrons. The summed E-state index contributed by atoms with van der Waals surface area (Å²) < 4.78 is 61.8. The van der Waals surface area contributed by atoms with Crippen molar-refractivity contribution in [1.29, 1.82) is 0 Å². The third-order valence-electron chi connectivity index (χ3n) is 4.73. The molecule has 0 bridgehead atoms. The number of rotatable bonds is 7. The van der Waals surface area contributed by atoms with Crippen molar-refractivity contribution >= 4 is 22.7 Å². The van der Waals surface area contributed by atoms with Crippen LogP contribution in [0.5, 0.6) is 0 Å². The number of anilines is 1. The van der Waals surface area contributed by atoms with Gasteiger partial charge in [0.2, 0.25) is 0 Å². The van der Waals surface area contributed by atoms with Gasteiger partial charge in [0.25, 0.3) is 5.91 Å². The third-order valence-corrected chi connectivity index (χ3v) is 5.31. The Hall–Kier alpha value is -3.11. The second-order valence-electron chi connectivity index (χ2n) is 6.92. The highest BCUT2D eigenvalue weighted by Crippen LogP contribution is 2.39. The van der Waals surface area contributed by atoms with Crippen molar-refractivity contribution in [2.24, 2.45) is 0 Å². The summed E-state index contributed by atoms with van der Waals surface area (Å²) >= 11 is -1.98. The zero-order valence-electron chi connectivity index (χ0n) is 17.3. The van der Waals surface area contributed by atoms with Crippen LogP contribution >= 0.6 is 0 Å². The Morgan fingerprint density at radius 1 is 1.16 bits per heavy atom. The van der Waals surface area contributed by atoms with E-state index in [0.717, 1.165) is 6.07 Å². The van der Waals surface area contributed by atoms with E-state index in [1.54, 1.807) is 38.1 Å². The second-order valence-corrected chi connectivity index (χ2v) is 7.85. The average molecular weight is 466 g/mol. The lowest BCUT2D eigenvalue weighted by atomic mass is 10.00. The van der Waals surface area contributed by atoms with Crippen LogP contribution in [-0.2, 0) is 23.0 Å². The fourth-order valence-corrected chi connectivity index (χ4v) is 3.80. The van der Waals surface area contributed by atoms with Crippen LogP contribution in [0.25, 0.3) is 11.3 Å². The first-order chi connectivity index (χ1) is 15.1. The zero-order chi connectivity index (χ0) is 23.5. The van der Waals surface area contributed by atoms with E-state index < -0.39 is 28.7 Å². The largest absolute Gasteiger partial charge is 0.417 e. The number of alkyl halides is 3. The molecule has 0 aliphatic carbocycles. The maximum absolute atomic E-state index is 13.6. The Bertz CT molecular complexity index is 1140. The van der Waals surface area contributed by atoms with Crippen molar-refractivity contribution in [3.63, 3.8) is 0 Å². The molecule has 1 amide bonds. The minimum Gasteiger partial charge on any atom is -0.414 e. The van der Waals surface area contributed by atoms with Crippen molar-refractivity contribution in [2.45, 2.75) is 25.8 Å². The summed E-state index contributed by atoms with van der Waals surface area (Å²) in [6.07, 6.45) is -3.22. The molecule has 32 heavy (non-hydrogen) atoms. The van der Waals surface area contributed by atoms with E-state index >= 15 is 0 Å². The number of nitrogens with one attached hydrogen (secondary N) is 1. The van der Waals surface area contributed by atoms with Crippen LogP contribution in [0.4, 0.5) is 18.9 Å². The molecule has 3 aromatic rings. The molecule has 0 saturated heterocycles. The molecule has 1 unspecified atom stereocenters. The second kappa shape index (κ2) is 9.58. The van der Waals surface area contributed by atoms with Gasteiger partial charge in [-0.3, -0.25) is 4.79 Å². The van der Waals surface area contributed by atoms with Crippen LogP contribution in [-0.4, -0.2) is 26.0 Å². The lowest BCUT2D eigenvalue weighted by Gasteiger charge is -2.16. The zero-order valence-corrected chi connectivity index (χ0v) is 18.1. The molecular formula is C22H21F3N2O4S. The average Bonchev–Trinajstić information content (AvgIpc) is 3.04. The molecule has 2 aromatic carbocycles. The summed E-state index contributed by atoms with van der Waals surface area (Å²) in [6.45, 7) is 3.44. The number of halogens is 3. The monoisotopic (exact) mass is 466 g/mol. The Kier molecular flexibility index (Phi) is 7.05. The van der Waals surface area contributed by atoms with Gasteiger partial charge in [-0.15, -0.1) is 0 Å². The molecule has 0 radical (unpaired) electrons. The number of aromatic nitrogens is 1. The quantitative estimate of drug-likeness (QED) is 0.485. The molecule has 1 aromatic heterocycles. The lowest BCUT2D eigenvalue weighted by Crippen LogP contribution is -2.14. The normalized spacial score (nSPS) is 12.4. The van der Waals surface area contributed by atoms with E-state index in [1.807, 2.05) is 0 Å². The molecule has 1 atom stereocenters. The van der Waals surface area contributed by atoms with Crippen LogP contribution in [0.3, 0.4) is 0 Å². The molecule has 0 aliphatic rings. The maximum Gasteiger partial charge on any atom is 0.417 e. The molecule has 0 saturated carbocycles. The van der Waals surface area contributed by atoms with E-state index in [9.17, 15) is 22.2 Å². The highest BCUT2D eigenvalue weighted by molar-refractivity contribution is 7.78. The van der Waals surface area contributed by atoms with Crippen LogP contribution in [0.2, 0.25) is 0 Å². The third kappa shape index (κ3) is 5.20. The summed E-state index contributed by atoms with van der Waals surface area (Å²) in [6, 6.07) is 11.5. The number of amides is 1. The van der Waals surface area contributed by atoms with Gasteiger partial charge in [0.1, 0.15) is 6.61 Å². The highest BCUT2D eigenvalue weighted by atomic mass is 32.2. The topological polar surface area (TPSA) is 80.6 Å². The van der Waals surface area contributed by atoms with Gasteiger partial charge >= 0.3 is 6.18 Å². The van der Waals surface area contributed by atoms with E-state index in [2.05, 4.69) is 5.32 Å². The molecule has 1 heterocycles. The van der Waals surface area contributed by atoms with E-state index in [-0.39, 0.29) is 29.2 Å². The van der Waals surface area contributed by atoms with Crippen molar-refractivity contribution in [2.75, 3.05) is 11.9 Å². The lowest BCUT2D eigenvalue weighted by molar-refractivity contribution is -0.137. The minimum absolute atomic E-state index is 0.0352. The van der Waals surface area contributed by atoms with E-state index in [0.29, 0.717) is 16.8 Å². The number of nitrogens with zero attached hydrogens (tertiary/aromatic N) is 1. The molecule has 3 rings (SSSR count). The first-order valence-electron chi connectivity index (χ1n) is 9.61. The Morgan fingerprint density at radius 2 is 1.81 bits per heavy atom. The number of benzene rings is 2. The molecule has 0 aliphatic heterocycles. The first-order valence-corrected chi connectivity index (χ1v) is 10.9. The van der Waals surface area contributed by atoms with Crippen molar-refractivity contribution in [3.05, 3.63) is 77.0 Å². The van der Waals surface area contributed by atoms with Crippen LogP contribution in [0, 0.1) is 6.92 Å². The maximum atomic E-state index is 13.6. The van der Waals surface area contributed by atoms with Gasteiger partial charge in [0.15, 0.2) is 11.1 Å². The van der Waals surface area contributed by atoms with Gasteiger partial charge in [-0.05, 0) is 43.2 Å². The summed E-state index contributed by atoms with van der Waals surface area (Å²) in [7, 11) is 0. The molecule has 6 nitrogen and oxygen atoms in total. The Labute approximate surface area is 185 Å². The molecule has 10 heteroatoms. The van der Waals surface area contributed by atoms with Gasteiger partial charge in [-0.1, -0.05) is 30.3 Å². The molecule has 0 spiro atoms. The van der Waals surface area contributed by atoms with E-state index in [4.69, 9.17) is 9.39 Å². The molecular weight excluding hydrogens is 445 g/mol. The number of carbonyl (C=O) groups is 1. The van der Waals surface area contributed by atoms with Crippen LogP contribution < -0.4 is 10.2 Å². The smallest absolute Gasteiger partial charge is 0.414 e. The molecule has 0 fully saturated rings. The van der Waals surface area contributed by atoms with Crippen LogP contribution in [0.1, 0.15) is 34.0 Å². The summed E-state index contributed by atoms with van der Waals surface area (Å²) in [5, 5.41) is 2.69. The summed E-state index contributed by atoms with van der Waals surface area (Å²) in [5.41, 5.74) is 0.769. The number of hydrogen-bond acceptors (Lipinski definition) is 3. The van der Waals surface area contributed by atoms with Gasteiger partial charge in [-0.25, -0.2) is 4.21 Å². The fourth-order valence-electron chi connectivity index (χ4n) is 3.32. The van der Waals surface area contributed by atoms with Gasteiger partial charge < -0.3 is 14.7 Å². The fraction of sp³-hybridized carbons (Fsp3) is 0.227. The predicted octanol–water partition coefficient (Wildman–Crippen LogP) is 4.90. The van der Waals surface area contributed by atoms with Gasteiger partial charge in [-0.2, -0.15) is 17.9 Å². The predicted molar refractivity (Wildman–Crippen MR) is 116 cm³/mol. The van der Waals surface area contributed by atoms with Crippen molar-refractivity contribution in [1.82, 2.24) is 4.73 Å².